The summed E-state index contributed by atoms with van der Waals surface area (Å²) >= 11 is 0. The zero-order valence-corrected chi connectivity index (χ0v) is 16.9. The van der Waals surface area contributed by atoms with Gasteiger partial charge in [0.15, 0.2) is 12.4 Å². The van der Waals surface area contributed by atoms with Gasteiger partial charge in [-0.1, -0.05) is 43.7 Å². The van der Waals surface area contributed by atoms with Crippen LogP contribution in [0, 0.1) is 0 Å². The predicted molar refractivity (Wildman–Crippen MR) is 111 cm³/mol. The second-order valence-corrected chi connectivity index (χ2v) is 6.56. The van der Waals surface area contributed by atoms with Crippen molar-refractivity contribution in [2.24, 2.45) is 0 Å². The predicted octanol–water partition coefficient (Wildman–Crippen LogP) is 3.79. The summed E-state index contributed by atoms with van der Waals surface area (Å²) in [5.74, 6) is -1.72. The van der Waals surface area contributed by atoms with Gasteiger partial charge < -0.3 is 14.8 Å². The molecular weight excluding hydrogens is 386 g/mol. The van der Waals surface area contributed by atoms with Gasteiger partial charge in [0, 0.05) is 17.7 Å². The Morgan fingerprint density at radius 1 is 0.833 bits per heavy atom. The molecule has 2 rings (SSSR count). The van der Waals surface area contributed by atoms with Gasteiger partial charge in [0.1, 0.15) is 0 Å². The summed E-state index contributed by atoms with van der Waals surface area (Å²) in [5, 5.41) is 2.57. The third-order valence-corrected chi connectivity index (χ3v) is 4.15. The van der Waals surface area contributed by atoms with Crippen LogP contribution in [0.5, 0.6) is 0 Å². The monoisotopic (exact) mass is 411 g/mol. The van der Waals surface area contributed by atoms with Crippen LogP contribution in [0.25, 0.3) is 0 Å². The van der Waals surface area contributed by atoms with E-state index in [0.29, 0.717) is 23.4 Å². The standard InChI is InChI=1S/C23H25NO6/c1-2-3-15-29-23(28)18-9-11-19(12-10-18)24-21(26)16-30-22(27)14-13-20(25)17-7-5-4-6-8-17/h4-12H,2-3,13-16H2,1H3,(H,24,26). The maximum absolute atomic E-state index is 12.0. The van der Waals surface area contributed by atoms with Gasteiger partial charge in [0.25, 0.3) is 5.91 Å². The largest absolute Gasteiger partial charge is 0.462 e. The number of anilines is 1. The molecule has 0 fully saturated rings. The first kappa shape index (κ1) is 22.8. The van der Waals surface area contributed by atoms with E-state index >= 15 is 0 Å². The Morgan fingerprint density at radius 2 is 1.53 bits per heavy atom. The molecule has 0 aliphatic heterocycles. The van der Waals surface area contributed by atoms with Gasteiger partial charge in [-0.25, -0.2) is 4.79 Å². The zero-order chi connectivity index (χ0) is 21.8. The summed E-state index contributed by atoms with van der Waals surface area (Å²) in [6.45, 7) is 1.92. The van der Waals surface area contributed by atoms with Gasteiger partial charge in [-0.05, 0) is 30.7 Å². The number of carbonyl (C=O) groups is 4. The van der Waals surface area contributed by atoms with Crippen LogP contribution >= 0.6 is 0 Å². The Labute approximate surface area is 175 Å². The molecule has 0 bridgehead atoms. The summed E-state index contributed by atoms with van der Waals surface area (Å²) in [6.07, 6.45) is 1.65. The third-order valence-electron chi connectivity index (χ3n) is 4.15. The van der Waals surface area contributed by atoms with Gasteiger partial charge >= 0.3 is 11.9 Å². The van der Waals surface area contributed by atoms with E-state index in [4.69, 9.17) is 9.47 Å². The number of hydrogen-bond donors (Lipinski definition) is 1. The molecule has 0 aliphatic carbocycles. The average molecular weight is 411 g/mol. The molecular formula is C23H25NO6. The molecule has 0 radical (unpaired) electrons. The normalized spacial score (nSPS) is 10.2. The zero-order valence-electron chi connectivity index (χ0n) is 16.9. The minimum atomic E-state index is -0.625. The second-order valence-electron chi connectivity index (χ2n) is 6.56. The SMILES string of the molecule is CCCCOC(=O)c1ccc(NC(=O)COC(=O)CCC(=O)c2ccccc2)cc1. The van der Waals surface area contributed by atoms with Gasteiger partial charge in [0.2, 0.25) is 0 Å². The van der Waals surface area contributed by atoms with Crippen molar-refractivity contribution >= 4 is 29.3 Å². The lowest BCUT2D eigenvalue weighted by atomic mass is 10.1. The lowest BCUT2D eigenvalue weighted by Gasteiger charge is -2.08. The molecule has 0 saturated heterocycles. The minimum Gasteiger partial charge on any atom is -0.462 e. The highest BCUT2D eigenvalue weighted by atomic mass is 16.5. The second kappa shape index (κ2) is 12.2. The lowest BCUT2D eigenvalue weighted by Crippen LogP contribution is -2.21. The molecule has 1 N–H and O–H groups in total. The third kappa shape index (κ3) is 7.87. The van der Waals surface area contributed by atoms with Gasteiger partial charge in [0.05, 0.1) is 18.6 Å². The topological polar surface area (TPSA) is 98.8 Å². The molecule has 0 aromatic heterocycles. The summed E-state index contributed by atoms with van der Waals surface area (Å²) in [6, 6.07) is 14.9. The Kier molecular flexibility index (Phi) is 9.24. The molecule has 0 unspecified atom stereocenters. The molecule has 0 spiro atoms. The fraction of sp³-hybridized carbons (Fsp3) is 0.304. The van der Waals surface area contributed by atoms with Crippen LogP contribution in [0.3, 0.4) is 0 Å². The average Bonchev–Trinajstić information content (AvgIpc) is 2.77. The van der Waals surface area contributed by atoms with E-state index in [9.17, 15) is 19.2 Å². The highest BCUT2D eigenvalue weighted by Crippen LogP contribution is 2.11. The van der Waals surface area contributed by atoms with Crippen LogP contribution in [0.4, 0.5) is 5.69 Å². The minimum absolute atomic E-state index is 0.0142. The van der Waals surface area contributed by atoms with Crippen LogP contribution in [-0.4, -0.2) is 36.8 Å². The summed E-state index contributed by atoms with van der Waals surface area (Å²) < 4.78 is 10.0. The van der Waals surface area contributed by atoms with Gasteiger partial charge in [-0.3, -0.25) is 14.4 Å². The van der Waals surface area contributed by atoms with Crippen molar-refractivity contribution in [2.45, 2.75) is 32.6 Å². The molecule has 0 heterocycles. The number of esters is 2. The van der Waals surface area contributed by atoms with Crippen molar-refractivity contribution in [3.8, 4) is 0 Å². The number of nitrogens with one attached hydrogen (secondary N) is 1. The van der Waals surface area contributed by atoms with Crippen LogP contribution in [0.15, 0.2) is 54.6 Å². The maximum atomic E-state index is 12.0. The van der Waals surface area contributed by atoms with Crippen molar-refractivity contribution in [3.05, 3.63) is 65.7 Å². The first-order valence-corrected chi connectivity index (χ1v) is 9.80. The van der Waals surface area contributed by atoms with Crippen LogP contribution < -0.4 is 5.32 Å². The van der Waals surface area contributed by atoms with Crippen molar-refractivity contribution in [3.63, 3.8) is 0 Å². The Balaban J connectivity index is 1.70. The molecule has 7 heteroatoms. The van der Waals surface area contributed by atoms with E-state index < -0.39 is 24.5 Å². The number of Topliss-reactive ketones (excluding diaryl/α,β-unsaturated/α-hetero) is 1. The lowest BCUT2D eigenvalue weighted by molar-refractivity contribution is -0.147. The number of hydrogen-bond acceptors (Lipinski definition) is 6. The van der Waals surface area contributed by atoms with Crippen molar-refractivity contribution < 1.29 is 28.7 Å². The molecule has 30 heavy (non-hydrogen) atoms. The smallest absolute Gasteiger partial charge is 0.338 e. The van der Waals surface area contributed by atoms with E-state index in [1.54, 1.807) is 54.6 Å². The highest BCUT2D eigenvalue weighted by Gasteiger charge is 2.12. The summed E-state index contributed by atoms with van der Waals surface area (Å²) in [7, 11) is 0. The van der Waals surface area contributed by atoms with E-state index in [0.717, 1.165) is 12.8 Å². The summed E-state index contributed by atoms with van der Waals surface area (Å²) in [4.78, 5) is 47.5. The van der Waals surface area contributed by atoms with Crippen molar-refractivity contribution in [1.82, 2.24) is 0 Å². The molecule has 158 valence electrons. The fourth-order valence-electron chi connectivity index (χ4n) is 2.48. The number of rotatable bonds is 11. The molecule has 7 nitrogen and oxygen atoms in total. The number of ketones is 1. The number of ether oxygens (including phenoxy) is 2. The van der Waals surface area contributed by atoms with E-state index in [1.807, 2.05) is 6.92 Å². The van der Waals surface area contributed by atoms with Crippen LogP contribution in [0.2, 0.25) is 0 Å². The number of amides is 1. The fourth-order valence-corrected chi connectivity index (χ4v) is 2.48. The summed E-state index contributed by atoms with van der Waals surface area (Å²) in [5.41, 5.74) is 1.37. The van der Waals surface area contributed by atoms with Gasteiger partial charge in [-0.2, -0.15) is 0 Å². The van der Waals surface area contributed by atoms with Crippen molar-refractivity contribution in [1.29, 1.82) is 0 Å². The molecule has 2 aromatic carbocycles. The van der Waals surface area contributed by atoms with E-state index in [1.165, 1.54) is 0 Å². The Bertz CT molecular complexity index is 861. The number of benzene rings is 2. The molecule has 0 aliphatic rings. The highest BCUT2D eigenvalue weighted by molar-refractivity contribution is 5.98. The first-order valence-electron chi connectivity index (χ1n) is 9.80. The maximum Gasteiger partial charge on any atom is 0.338 e. The molecule has 2 aromatic rings. The van der Waals surface area contributed by atoms with Crippen LogP contribution in [0.1, 0.15) is 53.3 Å². The van der Waals surface area contributed by atoms with E-state index in [2.05, 4.69) is 5.32 Å². The number of unbranched alkanes of at least 4 members (excludes halogenated alkanes) is 1. The van der Waals surface area contributed by atoms with Gasteiger partial charge in [-0.15, -0.1) is 0 Å². The molecule has 1 amide bonds. The van der Waals surface area contributed by atoms with Crippen molar-refractivity contribution in [2.75, 3.05) is 18.5 Å². The Hall–Kier alpha value is -3.48. The Morgan fingerprint density at radius 3 is 2.20 bits per heavy atom. The van der Waals surface area contributed by atoms with Crippen LogP contribution in [-0.2, 0) is 19.1 Å². The first-order chi connectivity index (χ1) is 14.5. The molecule has 0 saturated carbocycles. The number of carbonyl (C=O) groups excluding carboxylic acids is 4. The molecule has 0 atom stereocenters. The van der Waals surface area contributed by atoms with E-state index in [-0.39, 0.29) is 18.6 Å². The quantitative estimate of drug-likeness (QED) is 0.343.